The van der Waals surface area contributed by atoms with E-state index in [4.69, 9.17) is 4.74 Å². The van der Waals surface area contributed by atoms with Gasteiger partial charge in [0.1, 0.15) is 6.61 Å². The van der Waals surface area contributed by atoms with Gasteiger partial charge >= 0.3 is 12.1 Å². The molecule has 33 heavy (non-hydrogen) atoms. The number of anilines is 1. The van der Waals surface area contributed by atoms with Crippen LogP contribution in [0.5, 0.6) is 0 Å². The molecule has 0 heterocycles. The summed E-state index contributed by atoms with van der Waals surface area (Å²) < 4.78 is 5.90. The third-order valence-corrected chi connectivity index (χ3v) is 6.13. The second-order valence-corrected chi connectivity index (χ2v) is 8.37. The number of ether oxygens (including phenoxy) is 1. The molecule has 0 saturated carbocycles. The average molecular weight is 509 g/mol. The molecule has 0 spiro atoms. The molecule has 0 fully saturated rings. The summed E-state index contributed by atoms with van der Waals surface area (Å²) in [5.74, 6) is -1.62. The molecule has 0 aromatic heterocycles. The lowest BCUT2D eigenvalue weighted by molar-refractivity contribution is -0.116. The predicted octanol–water partition coefficient (Wildman–Crippen LogP) is 5.01. The van der Waals surface area contributed by atoms with E-state index >= 15 is 0 Å². The SMILES string of the molecule is O=C(CCNC(=O)OCC1c2ccccc2-c2ccccc21)Nc1c(Br)cccc1C(=O)O. The fourth-order valence-electron chi connectivity index (χ4n) is 3.96. The number of nitrogens with one attached hydrogen (secondary N) is 2. The molecule has 0 unspecified atom stereocenters. The van der Waals surface area contributed by atoms with Crippen molar-refractivity contribution in [3.63, 3.8) is 0 Å². The van der Waals surface area contributed by atoms with Crippen molar-refractivity contribution in [2.45, 2.75) is 12.3 Å². The lowest BCUT2D eigenvalue weighted by atomic mass is 9.98. The number of rotatable bonds is 7. The Bertz CT molecular complexity index is 1180. The molecule has 1 aliphatic rings. The summed E-state index contributed by atoms with van der Waals surface area (Å²) >= 11 is 3.24. The Morgan fingerprint density at radius 3 is 2.18 bits per heavy atom. The zero-order chi connectivity index (χ0) is 23.4. The first-order chi connectivity index (χ1) is 16.0. The van der Waals surface area contributed by atoms with Gasteiger partial charge in [-0.3, -0.25) is 4.79 Å². The van der Waals surface area contributed by atoms with Gasteiger partial charge in [-0.25, -0.2) is 9.59 Å². The summed E-state index contributed by atoms with van der Waals surface area (Å²) in [6, 6.07) is 20.7. The van der Waals surface area contributed by atoms with Crippen molar-refractivity contribution in [3.05, 3.63) is 87.9 Å². The number of para-hydroxylation sites is 1. The quantitative estimate of drug-likeness (QED) is 0.415. The molecule has 0 radical (unpaired) electrons. The highest BCUT2D eigenvalue weighted by Crippen LogP contribution is 2.44. The van der Waals surface area contributed by atoms with Crippen molar-refractivity contribution >= 4 is 39.6 Å². The fourth-order valence-corrected chi connectivity index (χ4v) is 4.42. The van der Waals surface area contributed by atoms with Crippen molar-refractivity contribution in [1.82, 2.24) is 5.32 Å². The van der Waals surface area contributed by atoms with Crippen molar-refractivity contribution < 1.29 is 24.2 Å². The van der Waals surface area contributed by atoms with Crippen molar-refractivity contribution in [2.75, 3.05) is 18.5 Å². The fraction of sp³-hybridized carbons (Fsp3) is 0.160. The highest BCUT2D eigenvalue weighted by atomic mass is 79.9. The van der Waals surface area contributed by atoms with Crippen LogP contribution in [0.2, 0.25) is 0 Å². The van der Waals surface area contributed by atoms with Crippen LogP contribution in [-0.2, 0) is 9.53 Å². The molecular weight excluding hydrogens is 488 g/mol. The number of carboxylic acid groups (broad SMARTS) is 1. The maximum absolute atomic E-state index is 12.2. The van der Waals surface area contributed by atoms with Gasteiger partial charge in [0.25, 0.3) is 0 Å². The van der Waals surface area contributed by atoms with Gasteiger partial charge in [0.15, 0.2) is 0 Å². The van der Waals surface area contributed by atoms with E-state index in [-0.39, 0.29) is 36.7 Å². The van der Waals surface area contributed by atoms with Crippen molar-refractivity contribution in [1.29, 1.82) is 0 Å². The van der Waals surface area contributed by atoms with Gasteiger partial charge in [-0.05, 0) is 50.3 Å². The minimum absolute atomic E-state index is 0.0257. The van der Waals surface area contributed by atoms with E-state index in [1.165, 1.54) is 6.07 Å². The zero-order valence-electron chi connectivity index (χ0n) is 17.5. The molecule has 3 N–H and O–H groups in total. The Labute approximate surface area is 198 Å². The van der Waals surface area contributed by atoms with E-state index in [1.807, 2.05) is 36.4 Å². The van der Waals surface area contributed by atoms with E-state index in [1.54, 1.807) is 12.1 Å². The van der Waals surface area contributed by atoms with E-state index < -0.39 is 18.0 Å². The maximum Gasteiger partial charge on any atom is 0.407 e. The zero-order valence-corrected chi connectivity index (χ0v) is 19.1. The predicted molar refractivity (Wildman–Crippen MR) is 127 cm³/mol. The van der Waals surface area contributed by atoms with Crippen LogP contribution < -0.4 is 10.6 Å². The lowest BCUT2D eigenvalue weighted by Gasteiger charge is -2.15. The molecule has 3 aromatic carbocycles. The van der Waals surface area contributed by atoms with Crippen LogP contribution >= 0.6 is 15.9 Å². The number of benzene rings is 3. The number of carboxylic acids is 1. The number of alkyl carbamates (subject to hydrolysis) is 1. The van der Waals surface area contributed by atoms with Gasteiger partial charge in [0, 0.05) is 23.4 Å². The van der Waals surface area contributed by atoms with Gasteiger partial charge in [-0.1, -0.05) is 54.6 Å². The summed E-state index contributed by atoms with van der Waals surface area (Å²) in [5.41, 5.74) is 4.68. The van der Waals surface area contributed by atoms with Gasteiger partial charge < -0.3 is 20.5 Å². The lowest BCUT2D eigenvalue weighted by Crippen LogP contribution is -2.29. The Morgan fingerprint density at radius 1 is 0.909 bits per heavy atom. The molecule has 4 rings (SSSR count). The van der Waals surface area contributed by atoms with Crippen LogP contribution in [0.25, 0.3) is 11.1 Å². The van der Waals surface area contributed by atoms with Gasteiger partial charge in [-0.2, -0.15) is 0 Å². The molecule has 168 valence electrons. The van der Waals surface area contributed by atoms with Gasteiger partial charge in [0.2, 0.25) is 5.91 Å². The third kappa shape index (κ3) is 4.90. The standard InChI is InChI=1S/C25H21BrN2O5/c26-21-11-5-10-19(24(30)31)23(21)28-22(29)12-13-27-25(32)33-14-20-17-8-3-1-6-15(17)16-7-2-4-9-18(16)20/h1-11,20H,12-14H2,(H,27,32)(H,28,29)(H,30,31). The smallest absolute Gasteiger partial charge is 0.407 e. The minimum atomic E-state index is -1.15. The van der Waals surface area contributed by atoms with Crippen molar-refractivity contribution in [3.8, 4) is 11.1 Å². The first-order valence-electron chi connectivity index (χ1n) is 10.4. The Hall–Kier alpha value is -3.65. The number of aromatic carboxylic acids is 1. The third-order valence-electron chi connectivity index (χ3n) is 5.47. The summed E-state index contributed by atoms with van der Waals surface area (Å²) in [7, 11) is 0. The molecule has 0 saturated heterocycles. The Balaban J connectivity index is 1.29. The second kappa shape index (κ2) is 9.87. The number of hydrogen-bond acceptors (Lipinski definition) is 4. The highest BCUT2D eigenvalue weighted by Gasteiger charge is 2.29. The molecule has 8 heteroatoms. The summed E-state index contributed by atoms with van der Waals surface area (Å²) in [6.07, 6.45) is -0.651. The van der Waals surface area contributed by atoms with E-state index in [0.29, 0.717) is 4.47 Å². The van der Waals surface area contributed by atoms with Gasteiger partial charge in [-0.15, -0.1) is 0 Å². The number of fused-ring (bicyclic) bond motifs is 3. The van der Waals surface area contributed by atoms with Gasteiger partial charge in [0.05, 0.1) is 11.3 Å². The number of amides is 2. The van der Waals surface area contributed by atoms with Crippen LogP contribution in [0.15, 0.2) is 71.2 Å². The molecule has 2 amide bonds. The number of halogens is 1. The van der Waals surface area contributed by atoms with E-state index in [9.17, 15) is 19.5 Å². The van der Waals surface area contributed by atoms with Crippen LogP contribution in [-0.4, -0.2) is 36.2 Å². The topological polar surface area (TPSA) is 105 Å². The largest absolute Gasteiger partial charge is 0.478 e. The first kappa shape index (κ1) is 22.5. The molecule has 7 nitrogen and oxygen atoms in total. The first-order valence-corrected chi connectivity index (χ1v) is 11.2. The van der Waals surface area contributed by atoms with Crippen molar-refractivity contribution in [2.24, 2.45) is 0 Å². The normalized spacial score (nSPS) is 11.9. The molecule has 3 aromatic rings. The summed E-state index contributed by atoms with van der Waals surface area (Å²) in [5, 5.41) is 14.4. The van der Waals surface area contributed by atoms with Crippen LogP contribution in [0.1, 0.15) is 33.8 Å². The molecule has 0 atom stereocenters. The maximum atomic E-state index is 12.2. The summed E-state index contributed by atoms with van der Waals surface area (Å²) in [6.45, 7) is 0.236. The van der Waals surface area contributed by atoms with Crippen LogP contribution in [0, 0.1) is 0 Å². The Morgan fingerprint density at radius 2 is 1.55 bits per heavy atom. The van der Waals surface area contributed by atoms with Crippen LogP contribution in [0.4, 0.5) is 10.5 Å². The number of carbonyl (C=O) groups is 3. The highest BCUT2D eigenvalue weighted by molar-refractivity contribution is 9.10. The molecule has 0 bridgehead atoms. The molecule has 1 aliphatic carbocycles. The van der Waals surface area contributed by atoms with Crippen LogP contribution in [0.3, 0.4) is 0 Å². The molecular formula is C25H21BrN2O5. The number of hydrogen-bond donors (Lipinski definition) is 3. The average Bonchev–Trinajstić information content (AvgIpc) is 3.12. The monoisotopic (exact) mass is 508 g/mol. The summed E-state index contributed by atoms with van der Waals surface area (Å²) in [4.78, 5) is 35.8. The Kier molecular flexibility index (Phi) is 6.74. The van der Waals surface area contributed by atoms with E-state index in [0.717, 1.165) is 22.3 Å². The second-order valence-electron chi connectivity index (χ2n) is 7.52. The van der Waals surface area contributed by atoms with E-state index in [2.05, 4.69) is 38.7 Å². The molecule has 0 aliphatic heterocycles. The number of carbonyl (C=O) groups excluding carboxylic acids is 2. The minimum Gasteiger partial charge on any atom is -0.478 e.